The molecule has 1 heterocycles. The lowest BCUT2D eigenvalue weighted by atomic mass is 10.2. The zero-order valence-electron chi connectivity index (χ0n) is 10.9. The second kappa shape index (κ2) is 6.54. The highest BCUT2D eigenvalue weighted by Gasteiger charge is 2.18. The summed E-state index contributed by atoms with van der Waals surface area (Å²) in [5, 5.41) is 8.79. The zero-order chi connectivity index (χ0) is 13.7. The van der Waals surface area contributed by atoms with Crippen molar-refractivity contribution >= 4 is 5.97 Å². The Labute approximate surface area is 112 Å². The molecule has 0 aromatic heterocycles. The third kappa shape index (κ3) is 4.22. The van der Waals surface area contributed by atoms with E-state index in [0.29, 0.717) is 5.75 Å². The number of carbonyl (C=O) groups is 1. The molecule has 2 atom stereocenters. The van der Waals surface area contributed by atoms with Crippen LogP contribution in [0, 0.1) is 0 Å². The van der Waals surface area contributed by atoms with Crippen molar-refractivity contribution in [2.45, 2.75) is 38.8 Å². The largest absolute Gasteiger partial charge is 0.478 e. The molecular weight excluding hydrogens is 248 g/mol. The van der Waals surface area contributed by atoms with Crippen LogP contribution >= 0.6 is 0 Å². The Balaban J connectivity index is 1.83. The molecule has 1 saturated heterocycles. The molecule has 1 N–H and O–H groups in total. The summed E-state index contributed by atoms with van der Waals surface area (Å²) >= 11 is 0. The Morgan fingerprint density at radius 1 is 1.37 bits per heavy atom. The van der Waals surface area contributed by atoms with Gasteiger partial charge in [-0.3, -0.25) is 0 Å². The molecule has 5 heteroatoms. The predicted molar refractivity (Wildman–Crippen MR) is 68.2 cm³/mol. The topological polar surface area (TPSA) is 65.0 Å². The SMILES string of the molecule is CC(Oc1ccc(C(=O)O)cc1)OC1CCCCO1. The molecule has 19 heavy (non-hydrogen) atoms. The van der Waals surface area contributed by atoms with Crippen molar-refractivity contribution in [3.63, 3.8) is 0 Å². The van der Waals surface area contributed by atoms with Gasteiger partial charge in [-0.2, -0.15) is 0 Å². The number of ether oxygens (including phenoxy) is 3. The van der Waals surface area contributed by atoms with E-state index in [1.165, 1.54) is 12.1 Å². The van der Waals surface area contributed by atoms with E-state index in [0.717, 1.165) is 25.9 Å². The number of rotatable bonds is 5. The summed E-state index contributed by atoms with van der Waals surface area (Å²) < 4.78 is 16.6. The van der Waals surface area contributed by atoms with Crippen LogP contribution in [0.3, 0.4) is 0 Å². The van der Waals surface area contributed by atoms with Crippen molar-refractivity contribution in [2.75, 3.05) is 6.61 Å². The van der Waals surface area contributed by atoms with Crippen LogP contribution in [0.15, 0.2) is 24.3 Å². The van der Waals surface area contributed by atoms with E-state index in [2.05, 4.69) is 0 Å². The minimum Gasteiger partial charge on any atom is -0.478 e. The molecule has 5 nitrogen and oxygen atoms in total. The Kier molecular flexibility index (Phi) is 4.76. The average molecular weight is 266 g/mol. The van der Waals surface area contributed by atoms with Crippen molar-refractivity contribution in [3.05, 3.63) is 29.8 Å². The van der Waals surface area contributed by atoms with Crippen LogP contribution in [0.4, 0.5) is 0 Å². The third-order valence-corrected chi connectivity index (χ3v) is 2.88. The molecule has 1 aliphatic rings. The molecule has 0 bridgehead atoms. The van der Waals surface area contributed by atoms with Crippen molar-refractivity contribution in [1.29, 1.82) is 0 Å². The van der Waals surface area contributed by atoms with Gasteiger partial charge < -0.3 is 19.3 Å². The maximum atomic E-state index is 10.7. The average Bonchev–Trinajstić information content (AvgIpc) is 2.40. The van der Waals surface area contributed by atoms with Gasteiger partial charge in [0.25, 0.3) is 0 Å². The smallest absolute Gasteiger partial charge is 0.335 e. The molecule has 1 aromatic carbocycles. The normalized spacial score (nSPS) is 20.8. The maximum absolute atomic E-state index is 10.7. The van der Waals surface area contributed by atoms with Crippen LogP contribution in [0.5, 0.6) is 5.75 Å². The van der Waals surface area contributed by atoms with E-state index < -0.39 is 12.3 Å². The highest BCUT2D eigenvalue weighted by molar-refractivity contribution is 5.87. The first-order valence-electron chi connectivity index (χ1n) is 6.42. The van der Waals surface area contributed by atoms with Gasteiger partial charge in [0.05, 0.1) is 5.56 Å². The van der Waals surface area contributed by atoms with Crippen LogP contribution in [0.1, 0.15) is 36.5 Å². The summed E-state index contributed by atoms with van der Waals surface area (Å²) in [5.74, 6) is -0.375. The van der Waals surface area contributed by atoms with Gasteiger partial charge in [0.2, 0.25) is 0 Å². The Hall–Kier alpha value is -1.59. The Morgan fingerprint density at radius 2 is 2.11 bits per heavy atom. The predicted octanol–water partition coefficient (Wildman–Crippen LogP) is 2.65. The van der Waals surface area contributed by atoms with Gasteiger partial charge in [0.1, 0.15) is 5.75 Å². The molecule has 0 radical (unpaired) electrons. The highest BCUT2D eigenvalue weighted by Crippen LogP contribution is 2.18. The number of aromatic carboxylic acids is 1. The molecule has 0 saturated carbocycles. The third-order valence-electron chi connectivity index (χ3n) is 2.88. The zero-order valence-corrected chi connectivity index (χ0v) is 10.9. The molecule has 2 unspecified atom stereocenters. The van der Waals surface area contributed by atoms with Crippen LogP contribution in [0.2, 0.25) is 0 Å². The van der Waals surface area contributed by atoms with Crippen LogP contribution in [-0.2, 0) is 9.47 Å². The standard InChI is InChI=1S/C14H18O5/c1-10(19-13-4-2-3-9-17-13)18-12-7-5-11(6-8-12)14(15)16/h5-8,10,13H,2-4,9H2,1H3,(H,15,16). The summed E-state index contributed by atoms with van der Waals surface area (Å²) in [6.45, 7) is 2.52. The van der Waals surface area contributed by atoms with Crippen LogP contribution < -0.4 is 4.74 Å². The summed E-state index contributed by atoms with van der Waals surface area (Å²) in [7, 11) is 0. The Morgan fingerprint density at radius 3 is 2.68 bits per heavy atom. The fourth-order valence-electron chi connectivity index (χ4n) is 1.93. The first kappa shape index (κ1) is 13.8. The fraction of sp³-hybridized carbons (Fsp3) is 0.500. The fourth-order valence-corrected chi connectivity index (χ4v) is 1.93. The number of hydrogen-bond acceptors (Lipinski definition) is 4. The van der Waals surface area contributed by atoms with Gasteiger partial charge in [-0.05, 0) is 50.5 Å². The van der Waals surface area contributed by atoms with Gasteiger partial charge in [-0.1, -0.05) is 0 Å². The van der Waals surface area contributed by atoms with E-state index in [9.17, 15) is 4.79 Å². The van der Waals surface area contributed by atoms with Gasteiger partial charge in [0, 0.05) is 6.61 Å². The van der Waals surface area contributed by atoms with Crippen molar-refractivity contribution in [2.24, 2.45) is 0 Å². The van der Waals surface area contributed by atoms with Crippen LogP contribution in [0.25, 0.3) is 0 Å². The summed E-state index contributed by atoms with van der Waals surface area (Å²) in [6, 6.07) is 6.24. The van der Waals surface area contributed by atoms with Gasteiger partial charge in [-0.25, -0.2) is 4.79 Å². The summed E-state index contributed by atoms with van der Waals surface area (Å²) in [4.78, 5) is 10.7. The van der Waals surface area contributed by atoms with E-state index in [1.54, 1.807) is 19.1 Å². The second-order valence-corrected chi connectivity index (χ2v) is 4.45. The first-order valence-corrected chi connectivity index (χ1v) is 6.42. The van der Waals surface area contributed by atoms with Crippen molar-refractivity contribution < 1.29 is 24.1 Å². The van der Waals surface area contributed by atoms with Crippen molar-refractivity contribution in [3.8, 4) is 5.75 Å². The monoisotopic (exact) mass is 266 g/mol. The Bertz CT molecular complexity index is 408. The lowest BCUT2D eigenvalue weighted by Crippen LogP contribution is -2.29. The number of benzene rings is 1. The molecule has 1 aromatic rings. The van der Waals surface area contributed by atoms with Gasteiger partial charge in [0.15, 0.2) is 12.6 Å². The molecule has 2 rings (SSSR count). The molecular formula is C14H18O5. The summed E-state index contributed by atoms with van der Waals surface area (Å²) in [5.41, 5.74) is 0.233. The molecule has 0 spiro atoms. The molecule has 104 valence electrons. The number of hydrogen-bond donors (Lipinski definition) is 1. The summed E-state index contributed by atoms with van der Waals surface area (Å²) in [6.07, 6.45) is 2.42. The number of carboxylic acid groups (broad SMARTS) is 1. The van der Waals surface area contributed by atoms with Gasteiger partial charge >= 0.3 is 5.97 Å². The van der Waals surface area contributed by atoms with E-state index in [-0.39, 0.29) is 11.9 Å². The minimum atomic E-state index is -0.952. The van der Waals surface area contributed by atoms with Crippen molar-refractivity contribution in [1.82, 2.24) is 0 Å². The minimum absolute atomic E-state index is 0.206. The lowest BCUT2D eigenvalue weighted by Gasteiger charge is -2.26. The number of carboxylic acids is 1. The van der Waals surface area contributed by atoms with E-state index in [4.69, 9.17) is 19.3 Å². The molecule has 1 aliphatic heterocycles. The first-order chi connectivity index (χ1) is 9.15. The van der Waals surface area contributed by atoms with Gasteiger partial charge in [-0.15, -0.1) is 0 Å². The molecule has 0 aliphatic carbocycles. The highest BCUT2D eigenvalue weighted by atomic mass is 16.8. The van der Waals surface area contributed by atoms with E-state index in [1.807, 2.05) is 0 Å². The maximum Gasteiger partial charge on any atom is 0.335 e. The molecule has 0 amide bonds. The lowest BCUT2D eigenvalue weighted by molar-refractivity contribution is -0.225. The second-order valence-electron chi connectivity index (χ2n) is 4.45. The molecule has 1 fully saturated rings. The van der Waals surface area contributed by atoms with Crippen LogP contribution in [-0.4, -0.2) is 30.3 Å². The van der Waals surface area contributed by atoms with E-state index >= 15 is 0 Å². The quantitative estimate of drug-likeness (QED) is 0.830.